The van der Waals surface area contributed by atoms with Crippen LogP contribution in [0.5, 0.6) is 0 Å². The van der Waals surface area contributed by atoms with Gasteiger partial charge in [-0.15, -0.1) is 0 Å². The molecular formula is C19H24BNO2. The molecule has 2 aromatic carbocycles. The maximum Gasteiger partial charge on any atom is 0.460 e. The van der Waals surface area contributed by atoms with E-state index in [0.717, 1.165) is 39.0 Å². The number of rotatable bonds is 4. The highest BCUT2D eigenvalue weighted by Gasteiger charge is 2.18. The van der Waals surface area contributed by atoms with E-state index in [0.29, 0.717) is 0 Å². The van der Waals surface area contributed by atoms with E-state index in [1.54, 1.807) is 0 Å². The van der Waals surface area contributed by atoms with Crippen LogP contribution in [0.2, 0.25) is 6.32 Å². The van der Waals surface area contributed by atoms with Crippen molar-refractivity contribution >= 4 is 17.9 Å². The second kappa shape index (κ2) is 8.30. The Labute approximate surface area is 139 Å². The molecule has 3 rings (SSSR count). The Morgan fingerprint density at radius 2 is 1.74 bits per heavy atom. The molecule has 0 amide bonds. The molecule has 3 nitrogen and oxygen atoms in total. The largest absolute Gasteiger partial charge is 0.460 e. The van der Waals surface area contributed by atoms with Gasteiger partial charge in [-0.25, -0.2) is 0 Å². The topological polar surface area (TPSA) is 21.7 Å². The van der Waals surface area contributed by atoms with Crippen molar-refractivity contribution in [2.45, 2.75) is 12.7 Å². The fraction of sp³-hybridized carbons (Fsp3) is 0.368. The lowest BCUT2D eigenvalue weighted by molar-refractivity contribution is 0.126. The van der Waals surface area contributed by atoms with Crippen LogP contribution in [0.3, 0.4) is 0 Å². The van der Waals surface area contributed by atoms with Crippen LogP contribution < -0.4 is 0 Å². The van der Waals surface area contributed by atoms with Crippen LogP contribution in [0.25, 0.3) is 10.8 Å². The third-order valence-electron chi connectivity index (χ3n) is 4.27. The molecule has 0 atom stereocenters. The maximum absolute atomic E-state index is 5.76. The molecule has 23 heavy (non-hydrogen) atoms. The minimum Gasteiger partial charge on any atom is -0.410 e. The SMILES string of the molecule is CN1CCOB(C/C=C/Cc2cccc3ccccc23)OCC1. The molecule has 0 aliphatic carbocycles. The first-order chi connectivity index (χ1) is 11.3. The van der Waals surface area contributed by atoms with E-state index in [9.17, 15) is 0 Å². The molecule has 120 valence electrons. The summed E-state index contributed by atoms with van der Waals surface area (Å²) in [7, 11) is 1.99. The predicted molar refractivity (Wildman–Crippen MR) is 96.8 cm³/mol. The zero-order chi connectivity index (χ0) is 15.9. The predicted octanol–water partition coefficient (Wildman–Crippen LogP) is 3.41. The van der Waals surface area contributed by atoms with Crippen LogP contribution in [-0.2, 0) is 15.7 Å². The molecule has 0 aromatic heterocycles. The van der Waals surface area contributed by atoms with Gasteiger partial charge in [0.15, 0.2) is 0 Å². The molecule has 1 saturated heterocycles. The van der Waals surface area contributed by atoms with Gasteiger partial charge in [-0.1, -0.05) is 54.6 Å². The van der Waals surface area contributed by atoms with E-state index in [1.807, 2.05) is 0 Å². The zero-order valence-electron chi connectivity index (χ0n) is 13.8. The van der Waals surface area contributed by atoms with E-state index in [-0.39, 0.29) is 7.12 Å². The van der Waals surface area contributed by atoms with E-state index < -0.39 is 0 Å². The zero-order valence-corrected chi connectivity index (χ0v) is 13.8. The summed E-state index contributed by atoms with van der Waals surface area (Å²) < 4.78 is 11.5. The van der Waals surface area contributed by atoms with Crippen LogP contribution in [0, 0.1) is 0 Å². The number of likely N-dealkylation sites (N-methyl/N-ethyl adjacent to an activating group) is 1. The van der Waals surface area contributed by atoms with Crippen LogP contribution in [0.15, 0.2) is 54.6 Å². The van der Waals surface area contributed by atoms with Crippen molar-refractivity contribution in [3.8, 4) is 0 Å². The Balaban J connectivity index is 1.54. The van der Waals surface area contributed by atoms with Gasteiger partial charge in [-0.3, -0.25) is 0 Å². The van der Waals surface area contributed by atoms with Crippen molar-refractivity contribution in [3.63, 3.8) is 0 Å². The molecule has 1 aliphatic rings. The molecule has 0 radical (unpaired) electrons. The van der Waals surface area contributed by atoms with Crippen LogP contribution in [0.4, 0.5) is 0 Å². The molecule has 1 heterocycles. The lowest BCUT2D eigenvalue weighted by atomic mass is 9.84. The summed E-state index contributed by atoms with van der Waals surface area (Å²) in [5, 5.41) is 2.63. The Bertz CT molecular complexity index is 643. The quantitative estimate of drug-likeness (QED) is 0.638. The Kier molecular flexibility index (Phi) is 5.86. The summed E-state index contributed by atoms with van der Waals surface area (Å²) >= 11 is 0. The fourth-order valence-corrected chi connectivity index (χ4v) is 2.86. The Morgan fingerprint density at radius 1 is 1.00 bits per heavy atom. The third-order valence-corrected chi connectivity index (χ3v) is 4.27. The van der Waals surface area contributed by atoms with Crippen LogP contribution in [-0.4, -0.2) is 45.4 Å². The van der Waals surface area contributed by atoms with Gasteiger partial charge in [0.25, 0.3) is 0 Å². The highest BCUT2D eigenvalue weighted by Crippen LogP contribution is 2.19. The van der Waals surface area contributed by atoms with Gasteiger partial charge < -0.3 is 14.2 Å². The van der Waals surface area contributed by atoms with Crippen molar-refractivity contribution < 1.29 is 9.31 Å². The summed E-state index contributed by atoms with van der Waals surface area (Å²) in [6.07, 6.45) is 6.16. The minimum absolute atomic E-state index is 0.104. The number of fused-ring (bicyclic) bond motifs is 1. The highest BCUT2D eigenvalue weighted by atomic mass is 16.6. The molecule has 2 aromatic rings. The average Bonchev–Trinajstić information content (AvgIpc) is 2.56. The summed E-state index contributed by atoms with van der Waals surface area (Å²) in [6, 6.07) is 15.0. The van der Waals surface area contributed by atoms with Crippen molar-refractivity contribution in [3.05, 3.63) is 60.2 Å². The molecular weight excluding hydrogens is 285 g/mol. The molecule has 0 bridgehead atoms. The first kappa shape index (κ1) is 16.3. The summed E-state index contributed by atoms with van der Waals surface area (Å²) in [4.78, 5) is 2.23. The Morgan fingerprint density at radius 3 is 2.57 bits per heavy atom. The van der Waals surface area contributed by atoms with Crippen molar-refractivity contribution in [2.24, 2.45) is 0 Å². The van der Waals surface area contributed by atoms with Crippen molar-refractivity contribution in [2.75, 3.05) is 33.4 Å². The standard InChI is InChI=1S/C19H24BNO2/c1-21-13-15-22-20(23-16-14-21)12-5-4-8-18-10-6-9-17-7-2-3-11-19(17)18/h2-7,9-11H,8,12-16H2,1H3/b5-4+. The van der Waals surface area contributed by atoms with E-state index in [2.05, 4.69) is 66.6 Å². The number of hydrogen-bond donors (Lipinski definition) is 0. The molecule has 1 fully saturated rings. The first-order valence-corrected chi connectivity index (χ1v) is 8.36. The van der Waals surface area contributed by atoms with Crippen molar-refractivity contribution in [1.29, 1.82) is 0 Å². The maximum atomic E-state index is 5.76. The lowest BCUT2D eigenvalue weighted by Crippen LogP contribution is -2.36. The van der Waals surface area contributed by atoms with Gasteiger partial charge in [0.1, 0.15) is 0 Å². The van der Waals surface area contributed by atoms with Crippen molar-refractivity contribution in [1.82, 2.24) is 4.90 Å². The second-order valence-electron chi connectivity index (χ2n) is 6.02. The molecule has 0 N–H and O–H groups in total. The molecule has 4 heteroatoms. The number of benzene rings is 2. The van der Waals surface area contributed by atoms with Gasteiger partial charge in [-0.2, -0.15) is 0 Å². The van der Waals surface area contributed by atoms with Gasteiger partial charge in [-0.05, 0) is 29.8 Å². The van der Waals surface area contributed by atoms with Gasteiger partial charge >= 0.3 is 7.12 Å². The van der Waals surface area contributed by atoms with Gasteiger partial charge in [0.2, 0.25) is 0 Å². The molecule has 1 aliphatic heterocycles. The molecule has 0 unspecified atom stereocenters. The lowest BCUT2D eigenvalue weighted by Gasteiger charge is -2.23. The fourth-order valence-electron chi connectivity index (χ4n) is 2.86. The third kappa shape index (κ3) is 4.68. The molecule has 0 saturated carbocycles. The second-order valence-corrected chi connectivity index (χ2v) is 6.02. The summed E-state index contributed by atoms with van der Waals surface area (Å²) in [6.45, 7) is 3.41. The first-order valence-electron chi connectivity index (χ1n) is 8.36. The molecule has 0 spiro atoms. The summed E-state index contributed by atoms with van der Waals surface area (Å²) in [5.41, 5.74) is 1.36. The highest BCUT2D eigenvalue weighted by molar-refractivity contribution is 6.45. The van der Waals surface area contributed by atoms with Crippen LogP contribution >= 0.6 is 0 Å². The number of hydrogen-bond acceptors (Lipinski definition) is 3. The van der Waals surface area contributed by atoms with Crippen LogP contribution in [0.1, 0.15) is 5.56 Å². The van der Waals surface area contributed by atoms with E-state index in [4.69, 9.17) is 9.31 Å². The monoisotopic (exact) mass is 309 g/mol. The van der Waals surface area contributed by atoms with E-state index in [1.165, 1.54) is 16.3 Å². The normalized spacial score (nSPS) is 17.5. The van der Waals surface area contributed by atoms with Gasteiger partial charge in [0.05, 0.1) is 0 Å². The Hall–Kier alpha value is -1.62. The van der Waals surface area contributed by atoms with E-state index >= 15 is 0 Å². The average molecular weight is 309 g/mol. The smallest absolute Gasteiger partial charge is 0.410 e. The summed E-state index contributed by atoms with van der Waals surface area (Å²) in [5.74, 6) is 0. The van der Waals surface area contributed by atoms with Gasteiger partial charge in [0, 0.05) is 32.6 Å². The minimum atomic E-state index is -0.104. The number of allylic oxidation sites excluding steroid dienone is 2. The number of nitrogens with zero attached hydrogens (tertiary/aromatic N) is 1.